The molecule has 170 valence electrons. The van der Waals surface area contributed by atoms with Gasteiger partial charge in [0, 0.05) is 25.2 Å². The van der Waals surface area contributed by atoms with Crippen molar-refractivity contribution in [3.63, 3.8) is 0 Å². The van der Waals surface area contributed by atoms with E-state index in [1.54, 1.807) is 0 Å². The van der Waals surface area contributed by atoms with Crippen molar-refractivity contribution in [1.82, 2.24) is 10.6 Å². The van der Waals surface area contributed by atoms with Crippen molar-refractivity contribution >= 4 is 5.91 Å². The largest absolute Gasteiger partial charge is 0.390 e. The molecular weight excluding hydrogens is 402 g/mol. The summed E-state index contributed by atoms with van der Waals surface area (Å²) in [6.45, 7) is 1.89. The van der Waals surface area contributed by atoms with Gasteiger partial charge in [-0.2, -0.15) is 0 Å². The second kappa shape index (κ2) is 10.5. The Bertz CT molecular complexity index is 835. The topological polar surface area (TPSA) is 81.6 Å². The van der Waals surface area contributed by atoms with Gasteiger partial charge < -0.3 is 20.8 Å². The molecule has 0 radical (unpaired) electrons. The zero-order valence-corrected chi connectivity index (χ0v) is 18.0. The average molecular weight is 435 g/mol. The van der Waals surface area contributed by atoms with Crippen LogP contribution in [0.3, 0.4) is 0 Å². The smallest absolute Gasteiger partial charge is 0.245 e. The van der Waals surface area contributed by atoms with Crippen LogP contribution in [-0.2, 0) is 11.2 Å². The number of nitrogens with one attached hydrogen (secondary N) is 2. The lowest BCUT2D eigenvalue weighted by molar-refractivity contribution is -0.124. The van der Waals surface area contributed by atoms with Crippen LogP contribution in [0, 0.1) is 17.0 Å². The summed E-state index contributed by atoms with van der Waals surface area (Å²) in [6.07, 6.45) is 9.02. The fraction of sp³-hybridized carbons (Fsp3) is 0.542. The zero-order chi connectivity index (χ0) is 22.4. The Morgan fingerprint density at radius 1 is 1.26 bits per heavy atom. The minimum atomic E-state index is -0.764. The average Bonchev–Trinajstić information content (AvgIpc) is 2.75. The van der Waals surface area contributed by atoms with Crippen molar-refractivity contribution in [3.05, 3.63) is 58.7 Å². The Balaban J connectivity index is 1.72. The number of amides is 1. The Morgan fingerprint density at radius 2 is 2.00 bits per heavy atom. The van der Waals surface area contributed by atoms with Gasteiger partial charge in [-0.15, -0.1) is 0 Å². The van der Waals surface area contributed by atoms with Gasteiger partial charge in [0.15, 0.2) is 0 Å². The Labute approximate surface area is 182 Å². The van der Waals surface area contributed by atoms with E-state index in [9.17, 15) is 18.7 Å². The fourth-order valence-electron chi connectivity index (χ4n) is 4.61. The molecule has 3 atom stereocenters. The molecular formula is C24H32F2N2O3. The van der Waals surface area contributed by atoms with Gasteiger partial charge in [0.2, 0.25) is 5.91 Å². The minimum absolute atomic E-state index is 0.0743. The fourth-order valence-corrected chi connectivity index (χ4v) is 4.61. The summed E-state index contributed by atoms with van der Waals surface area (Å²) in [7, 11) is 0. The van der Waals surface area contributed by atoms with Gasteiger partial charge in [0.25, 0.3) is 0 Å². The van der Waals surface area contributed by atoms with Crippen LogP contribution in [0.1, 0.15) is 44.6 Å². The van der Waals surface area contributed by atoms with E-state index in [1.165, 1.54) is 23.3 Å². The van der Waals surface area contributed by atoms with Crippen molar-refractivity contribution in [3.8, 4) is 0 Å². The van der Waals surface area contributed by atoms with Crippen LogP contribution in [0.15, 0.2) is 41.5 Å². The SMILES string of the molecule is CCC1(Cc2cc(F)cc(F)c2)C=C2C(=CC1)CCCC2NCC(O)CNC(=O)CO. The lowest BCUT2D eigenvalue weighted by Crippen LogP contribution is -2.44. The zero-order valence-electron chi connectivity index (χ0n) is 18.0. The molecule has 2 aliphatic rings. The molecule has 0 bridgehead atoms. The van der Waals surface area contributed by atoms with Crippen LogP contribution in [0.5, 0.6) is 0 Å². The summed E-state index contributed by atoms with van der Waals surface area (Å²) < 4.78 is 27.4. The third-order valence-electron chi connectivity index (χ3n) is 6.36. The van der Waals surface area contributed by atoms with Crippen LogP contribution in [0.4, 0.5) is 8.78 Å². The van der Waals surface area contributed by atoms with Gasteiger partial charge in [-0.1, -0.05) is 19.1 Å². The number of rotatable bonds is 9. The number of carbonyl (C=O) groups is 1. The highest BCUT2D eigenvalue weighted by atomic mass is 19.1. The maximum Gasteiger partial charge on any atom is 0.245 e. The third kappa shape index (κ3) is 6.21. The molecule has 5 nitrogen and oxygen atoms in total. The molecule has 0 heterocycles. The van der Waals surface area contributed by atoms with Gasteiger partial charge in [0.05, 0.1) is 6.10 Å². The van der Waals surface area contributed by atoms with Crippen LogP contribution in [0.2, 0.25) is 0 Å². The van der Waals surface area contributed by atoms with Crippen LogP contribution in [-0.4, -0.2) is 48.0 Å². The van der Waals surface area contributed by atoms with Crippen LogP contribution >= 0.6 is 0 Å². The van der Waals surface area contributed by atoms with Gasteiger partial charge >= 0.3 is 0 Å². The molecule has 3 unspecified atom stereocenters. The maximum absolute atomic E-state index is 13.7. The summed E-state index contributed by atoms with van der Waals surface area (Å²) in [5, 5.41) is 24.8. The molecule has 0 aliphatic heterocycles. The highest BCUT2D eigenvalue weighted by Gasteiger charge is 2.34. The summed E-state index contributed by atoms with van der Waals surface area (Å²) in [5.74, 6) is -1.63. The molecule has 1 aromatic carbocycles. The van der Waals surface area contributed by atoms with Crippen molar-refractivity contribution in [1.29, 1.82) is 0 Å². The number of carbonyl (C=O) groups excluding carboxylic acids is 1. The molecule has 1 saturated carbocycles. The number of benzene rings is 1. The second-order valence-electron chi connectivity index (χ2n) is 8.67. The first-order valence-corrected chi connectivity index (χ1v) is 11.0. The van der Waals surface area contributed by atoms with Crippen molar-refractivity contribution in [2.24, 2.45) is 5.41 Å². The molecule has 3 rings (SSSR count). The standard InChI is InChI=1S/C24H32F2N2O3/c1-2-24(11-16-8-18(25)10-19(26)9-16)7-6-17-4-3-5-22(21(17)12-24)27-13-20(30)14-28-23(31)15-29/h6,8-10,12,20,22,27,29-30H,2-5,7,11,13-15H2,1H3,(H,28,31). The van der Waals surface area contributed by atoms with Crippen molar-refractivity contribution < 1.29 is 23.8 Å². The molecule has 1 amide bonds. The predicted octanol–water partition coefficient (Wildman–Crippen LogP) is 2.77. The molecule has 31 heavy (non-hydrogen) atoms. The van der Waals surface area contributed by atoms with Crippen molar-refractivity contribution in [2.45, 2.75) is 57.6 Å². The first kappa shape index (κ1) is 23.6. The first-order valence-electron chi connectivity index (χ1n) is 11.0. The molecule has 0 saturated heterocycles. The van der Waals surface area contributed by atoms with Gasteiger partial charge in [-0.3, -0.25) is 4.79 Å². The Hall–Kier alpha value is -2.09. The van der Waals surface area contributed by atoms with Crippen LogP contribution < -0.4 is 10.6 Å². The normalized spacial score (nSPS) is 24.1. The molecule has 1 fully saturated rings. The number of allylic oxidation sites excluding steroid dienone is 2. The quantitative estimate of drug-likeness (QED) is 0.482. The minimum Gasteiger partial charge on any atom is -0.390 e. The highest BCUT2D eigenvalue weighted by Crippen LogP contribution is 2.43. The molecule has 0 aromatic heterocycles. The van der Waals surface area contributed by atoms with Gasteiger partial charge in [-0.25, -0.2) is 8.78 Å². The number of halogens is 2. The molecule has 0 spiro atoms. The lowest BCUT2D eigenvalue weighted by atomic mass is 9.68. The van der Waals surface area contributed by atoms with Crippen molar-refractivity contribution in [2.75, 3.05) is 19.7 Å². The number of fused-ring (bicyclic) bond motifs is 1. The number of aliphatic hydroxyl groups excluding tert-OH is 2. The summed E-state index contributed by atoms with van der Waals surface area (Å²) >= 11 is 0. The molecule has 7 heteroatoms. The number of hydrogen-bond donors (Lipinski definition) is 4. The lowest BCUT2D eigenvalue weighted by Gasteiger charge is -2.39. The first-order chi connectivity index (χ1) is 14.8. The molecule has 1 aromatic rings. The maximum atomic E-state index is 13.7. The summed E-state index contributed by atoms with van der Waals surface area (Å²) in [4.78, 5) is 11.2. The number of hydrogen-bond acceptors (Lipinski definition) is 4. The Morgan fingerprint density at radius 3 is 2.68 bits per heavy atom. The summed E-state index contributed by atoms with van der Waals surface area (Å²) in [6, 6.07) is 3.80. The van der Waals surface area contributed by atoms with E-state index in [0.29, 0.717) is 18.5 Å². The van der Waals surface area contributed by atoms with E-state index in [1.807, 2.05) is 0 Å². The van der Waals surface area contributed by atoms with E-state index >= 15 is 0 Å². The van der Waals surface area contributed by atoms with E-state index in [2.05, 4.69) is 29.7 Å². The molecule has 4 N–H and O–H groups in total. The van der Waals surface area contributed by atoms with E-state index in [-0.39, 0.29) is 18.0 Å². The van der Waals surface area contributed by atoms with Gasteiger partial charge in [-0.05, 0) is 72.8 Å². The molecule has 2 aliphatic carbocycles. The monoisotopic (exact) mass is 434 g/mol. The highest BCUT2D eigenvalue weighted by molar-refractivity contribution is 5.76. The van der Waals surface area contributed by atoms with E-state index in [4.69, 9.17) is 5.11 Å². The third-order valence-corrected chi connectivity index (χ3v) is 6.36. The summed E-state index contributed by atoms with van der Waals surface area (Å²) in [5.41, 5.74) is 2.97. The second-order valence-corrected chi connectivity index (χ2v) is 8.67. The predicted molar refractivity (Wildman–Crippen MR) is 115 cm³/mol. The number of aliphatic hydroxyl groups is 2. The van der Waals surface area contributed by atoms with Gasteiger partial charge in [0.1, 0.15) is 18.2 Å². The van der Waals surface area contributed by atoms with Crippen LogP contribution in [0.25, 0.3) is 0 Å². The van der Waals surface area contributed by atoms with E-state index < -0.39 is 30.3 Å². The Kier molecular flexibility index (Phi) is 7.97. The van der Waals surface area contributed by atoms with E-state index in [0.717, 1.165) is 38.2 Å².